The first-order valence-electron chi connectivity index (χ1n) is 5.27. The summed E-state index contributed by atoms with van der Waals surface area (Å²) in [6, 6.07) is 3.13. The van der Waals surface area contributed by atoms with Crippen LogP contribution in [0.25, 0.3) is 0 Å². The topological polar surface area (TPSA) is 71.1 Å². The van der Waals surface area contributed by atoms with Crippen molar-refractivity contribution >= 4 is 10.0 Å². The molecule has 0 bridgehead atoms. The van der Waals surface area contributed by atoms with Gasteiger partial charge >= 0.3 is 0 Å². The van der Waals surface area contributed by atoms with Crippen molar-refractivity contribution in [2.45, 2.75) is 18.2 Å². The third kappa shape index (κ3) is 4.26. The highest BCUT2D eigenvalue weighted by Gasteiger charge is 2.12. The van der Waals surface area contributed by atoms with E-state index in [9.17, 15) is 8.42 Å². The van der Waals surface area contributed by atoms with Crippen LogP contribution >= 0.6 is 0 Å². The third-order valence-electron chi connectivity index (χ3n) is 2.02. The van der Waals surface area contributed by atoms with Crippen molar-refractivity contribution in [3.63, 3.8) is 0 Å². The number of aromatic nitrogens is 1. The first-order valence-corrected chi connectivity index (χ1v) is 6.75. The SMILES string of the molecule is CCNCCCNS(=O)(=O)c1cccnc1. The Morgan fingerprint density at radius 3 is 2.81 bits per heavy atom. The summed E-state index contributed by atoms with van der Waals surface area (Å²) in [7, 11) is -3.39. The highest BCUT2D eigenvalue weighted by Crippen LogP contribution is 2.04. The molecule has 0 radical (unpaired) electrons. The molecule has 90 valence electrons. The molecule has 0 aliphatic heterocycles. The zero-order valence-electron chi connectivity index (χ0n) is 9.31. The Hall–Kier alpha value is -0.980. The summed E-state index contributed by atoms with van der Waals surface area (Å²) in [6.07, 6.45) is 3.66. The second-order valence-corrected chi connectivity index (χ2v) is 5.06. The second-order valence-electron chi connectivity index (χ2n) is 3.29. The van der Waals surface area contributed by atoms with Gasteiger partial charge in [-0.15, -0.1) is 0 Å². The van der Waals surface area contributed by atoms with Crippen LogP contribution < -0.4 is 10.0 Å². The Morgan fingerprint density at radius 1 is 1.38 bits per heavy atom. The number of hydrogen-bond donors (Lipinski definition) is 2. The van der Waals surface area contributed by atoms with Crippen molar-refractivity contribution in [2.24, 2.45) is 0 Å². The molecule has 0 aliphatic carbocycles. The lowest BCUT2D eigenvalue weighted by molar-refractivity contribution is 0.575. The van der Waals surface area contributed by atoms with E-state index in [4.69, 9.17) is 0 Å². The molecule has 1 heterocycles. The number of rotatable bonds is 7. The van der Waals surface area contributed by atoms with E-state index in [0.717, 1.165) is 19.5 Å². The number of hydrogen-bond acceptors (Lipinski definition) is 4. The first-order chi connectivity index (χ1) is 7.67. The summed E-state index contributed by atoms with van der Waals surface area (Å²) in [5.41, 5.74) is 0. The molecule has 0 aliphatic rings. The number of pyridine rings is 1. The van der Waals surface area contributed by atoms with Gasteiger partial charge in [0.15, 0.2) is 0 Å². The highest BCUT2D eigenvalue weighted by molar-refractivity contribution is 7.89. The molecule has 0 aromatic carbocycles. The third-order valence-corrected chi connectivity index (χ3v) is 3.46. The molecule has 0 saturated carbocycles. The maximum atomic E-state index is 11.7. The predicted octanol–water partition coefficient (Wildman–Crippen LogP) is 0.359. The van der Waals surface area contributed by atoms with Crippen LogP contribution in [-0.2, 0) is 10.0 Å². The van der Waals surface area contributed by atoms with Gasteiger partial charge in [0.1, 0.15) is 4.90 Å². The second kappa shape index (κ2) is 6.57. The average Bonchev–Trinajstić information content (AvgIpc) is 2.30. The van der Waals surface area contributed by atoms with Crippen LogP contribution in [0.3, 0.4) is 0 Å². The highest BCUT2D eigenvalue weighted by atomic mass is 32.2. The zero-order chi connectivity index (χ0) is 11.9. The van der Waals surface area contributed by atoms with E-state index in [2.05, 4.69) is 15.0 Å². The van der Waals surface area contributed by atoms with Crippen LogP contribution in [-0.4, -0.2) is 33.0 Å². The van der Waals surface area contributed by atoms with Crippen LogP contribution in [0.4, 0.5) is 0 Å². The fourth-order valence-corrected chi connectivity index (χ4v) is 2.22. The van der Waals surface area contributed by atoms with Crippen molar-refractivity contribution in [1.82, 2.24) is 15.0 Å². The summed E-state index contributed by atoms with van der Waals surface area (Å²) in [5, 5.41) is 3.13. The fourth-order valence-electron chi connectivity index (χ4n) is 1.19. The summed E-state index contributed by atoms with van der Waals surface area (Å²) in [4.78, 5) is 3.98. The molecular formula is C10H17N3O2S. The van der Waals surface area contributed by atoms with Gasteiger partial charge < -0.3 is 5.32 Å². The van der Waals surface area contributed by atoms with E-state index in [-0.39, 0.29) is 4.90 Å². The minimum Gasteiger partial charge on any atom is -0.317 e. The van der Waals surface area contributed by atoms with Crippen molar-refractivity contribution in [3.8, 4) is 0 Å². The van der Waals surface area contributed by atoms with Crippen molar-refractivity contribution < 1.29 is 8.42 Å². The Labute approximate surface area is 96.3 Å². The van der Waals surface area contributed by atoms with Crippen LogP contribution in [0, 0.1) is 0 Å². The van der Waals surface area contributed by atoms with E-state index >= 15 is 0 Å². The molecule has 1 aromatic rings. The molecule has 5 nitrogen and oxygen atoms in total. The largest absolute Gasteiger partial charge is 0.317 e. The maximum absolute atomic E-state index is 11.7. The predicted molar refractivity (Wildman–Crippen MR) is 62.6 cm³/mol. The van der Waals surface area contributed by atoms with Gasteiger partial charge in [-0.3, -0.25) is 4.98 Å². The van der Waals surface area contributed by atoms with E-state index in [1.807, 2.05) is 6.92 Å². The molecule has 0 spiro atoms. The molecule has 6 heteroatoms. The van der Waals surface area contributed by atoms with E-state index in [0.29, 0.717) is 6.54 Å². The lowest BCUT2D eigenvalue weighted by Gasteiger charge is -2.06. The van der Waals surface area contributed by atoms with Crippen LogP contribution in [0.5, 0.6) is 0 Å². The fraction of sp³-hybridized carbons (Fsp3) is 0.500. The molecular weight excluding hydrogens is 226 g/mol. The maximum Gasteiger partial charge on any atom is 0.242 e. The van der Waals surface area contributed by atoms with Gasteiger partial charge in [0.2, 0.25) is 10.0 Å². The molecule has 2 N–H and O–H groups in total. The number of nitrogens with zero attached hydrogens (tertiary/aromatic N) is 1. The molecule has 1 rings (SSSR count). The van der Waals surface area contributed by atoms with Gasteiger partial charge in [0.05, 0.1) is 0 Å². The van der Waals surface area contributed by atoms with E-state index in [1.54, 1.807) is 12.3 Å². The summed E-state index contributed by atoms with van der Waals surface area (Å²) in [6.45, 7) is 4.16. The lowest BCUT2D eigenvalue weighted by atomic mass is 10.4. The Bertz CT molecular complexity index is 392. The monoisotopic (exact) mass is 243 g/mol. The normalized spacial score (nSPS) is 11.6. The van der Waals surface area contributed by atoms with Crippen molar-refractivity contribution in [1.29, 1.82) is 0 Å². The van der Waals surface area contributed by atoms with Gasteiger partial charge in [0, 0.05) is 18.9 Å². The molecule has 16 heavy (non-hydrogen) atoms. The quantitative estimate of drug-likeness (QED) is 0.678. The first kappa shape index (κ1) is 13.1. The minimum atomic E-state index is -3.39. The van der Waals surface area contributed by atoms with E-state index in [1.165, 1.54) is 12.3 Å². The van der Waals surface area contributed by atoms with Crippen molar-refractivity contribution in [3.05, 3.63) is 24.5 Å². The summed E-state index contributed by atoms with van der Waals surface area (Å²) in [5.74, 6) is 0. The number of sulfonamides is 1. The van der Waals surface area contributed by atoms with Gasteiger partial charge in [-0.1, -0.05) is 6.92 Å². The molecule has 0 fully saturated rings. The van der Waals surface area contributed by atoms with Crippen LogP contribution in [0.2, 0.25) is 0 Å². The van der Waals surface area contributed by atoms with Gasteiger partial charge in [-0.05, 0) is 31.6 Å². The Kier molecular flexibility index (Phi) is 5.37. The molecule has 0 amide bonds. The molecule has 0 atom stereocenters. The number of nitrogens with one attached hydrogen (secondary N) is 2. The zero-order valence-corrected chi connectivity index (χ0v) is 10.1. The smallest absolute Gasteiger partial charge is 0.242 e. The summed E-state index contributed by atoms with van der Waals surface area (Å²) < 4.78 is 25.9. The van der Waals surface area contributed by atoms with Gasteiger partial charge in [-0.25, -0.2) is 13.1 Å². The van der Waals surface area contributed by atoms with E-state index < -0.39 is 10.0 Å². The Balaban J connectivity index is 2.41. The minimum absolute atomic E-state index is 0.207. The lowest BCUT2D eigenvalue weighted by Crippen LogP contribution is -2.27. The average molecular weight is 243 g/mol. The Morgan fingerprint density at radius 2 is 2.19 bits per heavy atom. The standard InChI is InChI=1S/C10H17N3O2S/c1-2-11-7-4-8-13-16(14,15)10-5-3-6-12-9-10/h3,5-6,9,11,13H,2,4,7-8H2,1H3. The van der Waals surface area contributed by atoms with Crippen LogP contribution in [0.15, 0.2) is 29.4 Å². The van der Waals surface area contributed by atoms with Crippen molar-refractivity contribution in [2.75, 3.05) is 19.6 Å². The molecule has 0 unspecified atom stereocenters. The van der Waals surface area contributed by atoms with Gasteiger partial charge in [-0.2, -0.15) is 0 Å². The molecule has 0 saturated heterocycles. The van der Waals surface area contributed by atoms with Gasteiger partial charge in [0.25, 0.3) is 0 Å². The summed E-state index contributed by atoms with van der Waals surface area (Å²) >= 11 is 0. The molecule has 1 aromatic heterocycles. The van der Waals surface area contributed by atoms with Crippen LogP contribution in [0.1, 0.15) is 13.3 Å².